The van der Waals surface area contributed by atoms with Crippen LogP contribution in [0.1, 0.15) is 6.42 Å². The van der Waals surface area contributed by atoms with Gasteiger partial charge in [0, 0.05) is 10.8 Å². The lowest BCUT2D eigenvalue weighted by molar-refractivity contribution is 0.651. The van der Waals surface area contributed by atoms with Gasteiger partial charge in [-0.1, -0.05) is 12.2 Å². The van der Waals surface area contributed by atoms with Crippen molar-refractivity contribution in [1.29, 1.82) is 0 Å². The summed E-state index contributed by atoms with van der Waals surface area (Å²) < 4.78 is 11.0. The summed E-state index contributed by atoms with van der Waals surface area (Å²) in [7, 11) is -0.417. The highest BCUT2D eigenvalue weighted by atomic mass is 32.2. The zero-order valence-corrected chi connectivity index (χ0v) is 5.80. The van der Waals surface area contributed by atoms with Crippen molar-refractivity contribution in [2.75, 3.05) is 0 Å². The van der Waals surface area contributed by atoms with Gasteiger partial charge in [-0.25, -0.2) is 0 Å². The maximum absolute atomic E-state index is 11.0. The molecule has 2 heteroatoms. The minimum absolute atomic E-state index is 0.417. The van der Waals surface area contributed by atoms with Crippen LogP contribution in [0, 0.1) is 11.8 Å². The van der Waals surface area contributed by atoms with Crippen molar-refractivity contribution in [3.05, 3.63) is 12.2 Å². The van der Waals surface area contributed by atoms with Crippen LogP contribution in [0.4, 0.5) is 0 Å². The first-order chi connectivity index (χ1) is 4.38. The molecule has 1 aliphatic heterocycles. The summed E-state index contributed by atoms with van der Waals surface area (Å²) in [5, 5.41) is 1.19. The number of allylic oxidation sites excluding steroid dienone is 2. The molecule has 0 radical (unpaired) electrons. The molecule has 0 aromatic carbocycles. The van der Waals surface area contributed by atoms with Crippen molar-refractivity contribution in [1.82, 2.24) is 0 Å². The average Bonchev–Trinajstić information content (AvgIpc) is 2.29. The minimum Gasteiger partial charge on any atom is -0.259 e. The zero-order valence-electron chi connectivity index (χ0n) is 4.99. The summed E-state index contributed by atoms with van der Waals surface area (Å²) in [5.41, 5.74) is 0. The predicted molar refractivity (Wildman–Crippen MR) is 36.5 cm³/mol. The van der Waals surface area contributed by atoms with Gasteiger partial charge >= 0.3 is 0 Å². The summed E-state index contributed by atoms with van der Waals surface area (Å²) >= 11 is 0. The first kappa shape index (κ1) is 4.67. The summed E-state index contributed by atoms with van der Waals surface area (Å²) in [5.74, 6) is 1.42. The quantitative estimate of drug-likeness (QED) is 0.357. The second-order valence-corrected chi connectivity index (χ2v) is 4.95. The van der Waals surface area contributed by atoms with E-state index in [1.54, 1.807) is 0 Å². The van der Waals surface area contributed by atoms with Gasteiger partial charge in [-0.05, 0) is 18.3 Å². The van der Waals surface area contributed by atoms with E-state index in [4.69, 9.17) is 0 Å². The number of hydrogen-bond acceptors (Lipinski definition) is 1. The first-order valence-corrected chi connectivity index (χ1v) is 4.73. The van der Waals surface area contributed by atoms with Crippen molar-refractivity contribution >= 4 is 10.8 Å². The fourth-order valence-electron chi connectivity index (χ4n) is 2.30. The third-order valence-corrected chi connectivity index (χ3v) is 4.82. The highest BCUT2D eigenvalue weighted by Crippen LogP contribution is 2.54. The lowest BCUT2D eigenvalue weighted by Gasteiger charge is -1.97. The monoisotopic (exact) mass is 140 g/mol. The van der Waals surface area contributed by atoms with Gasteiger partial charge < -0.3 is 0 Å². The summed E-state index contributed by atoms with van der Waals surface area (Å²) in [6.45, 7) is 0. The standard InChI is InChI=1S/C7H8OS/c8-9-6-4-1-2-5(3-4)7(6)9/h1-2,4-7H,3H2. The van der Waals surface area contributed by atoms with E-state index >= 15 is 0 Å². The molecule has 2 aliphatic carbocycles. The molecule has 1 nitrogen and oxygen atoms in total. The van der Waals surface area contributed by atoms with E-state index in [9.17, 15) is 4.21 Å². The van der Waals surface area contributed by atoms with E-state index < -0.39 is 10.8 Å². The molecule has 0 spiro atoms. The number of rotatable bonds is 0. The summed E-state index contributed by atoms with van der Waals surface area (Å²) in [4.78, 5) is 0. The smallest absolute Gasteiger partial charge is 0.0563 e. The summed E-state index contributed by atoms with van der Waals surface area (Å²) in [6.07, 6.45) is 5.83. The molecular weight excluding hydrogens is 132 g/mol. The molecule has 3 aliphatic rings. The predicted octanol–water partition coefficient (Wildman–Crippen LogP) is 0.692. The minimum atomic E-state index is -0.417. The molecule has 0 aromatic rings. The van der Waals surface area contributed by atoms with Crippen molar-refractivity contribution in [3.63, 3.8) is 0 Å². The molecule has 4 atom stereocenters. The Bertz CT molecular complexity index is 197. The van der Waals surface area contributed by atoms with Gasteiger partial charge in [-0.2, -0.15) is 0 Å². The second-order valence-electron chi connectivity index (χ2n) is 3.21. The van der Waals surface area contributed by atoms with Crippen molar-refractivity contribution < 1.29 is 4.21 Å². The Morgan fingerprint density at radius 1 is 1.22 bits per heavy atom. The third-order valence-electron chi connectivity index (χ3n) is 2.78. The van der Waals surface area contributed by atoms with Crippen LogP contribution in [0.25, 0.3) is 0 Å². The maximum Gasteiger partial charge on any atom is 0.0563 e. The van der Waals surface area contributed by atoms with Gasteiger partial charge in [0.05, 0.1) is 10.5 Å². The van der Waals surface area contributed by atoms with Crippen LogP contribution >= 0.6 is 0 Å². The van der Waals surface area contributed by atoms with Crippen LogP contribution < -0.4 is 0 Å². The highest BCUT2D eigenvalue weighted by Gasteiger charge is 2.62. The Labute approximate surface area is 56.6 Å². The third kappa shape index (κ3) is 0.379. The number of hydrogen-bond donors (Lipinski definition) is 0. The highest BCUT2D eigenvalue weighted by molar-refractivity contribution is 7.94. The Balaban J connectivity index is 2.11. The normalized spacial score (nSPS) is 66.4. The molecule has 9 heavy (non-hydrogen) atoms. The Morgan fingerprint density at radius 3 is 2.22 bits per heavy atom. The van der Waals surface area contributed by atoms with E-state index in [1.165, 1.54) is 6.42 Å². The molecular formula is C7H8OS. The van der Waals surface area contributed by atoms with E-state index in [0.29, 0.717) is 22.3 Å². The van der Waals surface area contributed by atoms with Crippen molar-refractivity contribution in [3.8, 4) is 0 Å². The lowest BCUT2D eigenvalue weighted by Crippen LogP contribution is -1.98. The van der Waals surface area contributed by atoms with Crippen LogP contribution in [-0.2, 0) is 10.8 Å². The maximum atomic E-state index is 11.0. The lowest BCUT2D eigenvalue weighted by atomic mass is 10.1. The van der Waals surface area contributed by atoms with E-state index in [0.717, 1.165) is 0 Å². The van der Waals surface area contributed by atoms with Gasteiger partial charge in [0.1, 0.15) is 0 Å². The zero-order chi connectivity index (χ0) is 6.01. The van der Waals surface area contributed by atoms with Crippen molar-refractivity contribution in [2.24, 2.45) is 11.8 Å². The Hall–Kier alpha value is -0.110. The fraction of sp³-hybridized carbons (Fsp3) is 0.714. The van der Waals surface area contributed by atoms with Gasteiger partial charge in [0.25, 0.3) is 0 Å². The molecule has 3 rings (SSSR count). The molecule has 0 N–H and O–H groups in total. The number of fused-ring (bicyclic) bond motifs is 5. The van der Waals surface area contributed by atoms with E-state index in [2.05, 4.69) is 12.2 Å². The molecule has 2 bridgehead atoms. The molecule has 1 heterocycles. The van der Waals surface area contributed by atoms with Crippen LogP contribution in [0.3, 0.4) is 0 Å². The average molecular weight is 140 g/mol. The van der Waals surface area contributed by atoms with Gasteiger partial charge in [-0.15, -0.1) is 0 Å². The first-order valence-electron chi connectivity index (χ1n) is 3.45. The SMILES string of the molecule is O=S1C2C3C=CC(C3)C21. The van der Waals surface area contributed by atoms with Crippen LogP contribution in [0.5, 0.6) is 0 Å². The molecule has 2 fully saturated rings. The fourth-order valence-corrected chi connectivity index (χ4v) is 4.38. The van der Waals surface area contributed by atoms with Gasteiger partial charge in [-0.3, -0.25) is 4.21 Å². The van der Waals surface area contributed by atoms with Gasteiger partial charge in [0.2, 0.25) is 0 Å². The molecule has 1 saturated heterocycles. The second kappa shape index (κ2) is 1.17. The molecule has 1 saturated carbocycles. The van der Waals surface area contributed by atoms with E-state index in [1.807, 2.05) is 0 Å². The van der Waals surface area contributed by atoms with E-state index in [-0.39, 0.29) is 0 Å². The van der Waals surface area contributed by atoms with Crippen LogP contribution in [-0.4, -0.2) is 14.7 Å². The molecule has 0 aromatic heterocycles. The molecule has 4 unspecified atom stereocenters. The molecule has 0 amide bonds. The topological polar surface area (TPSA) is 17.1 Å². The van der Waals surface area contributed by atoms with Crippen LogP contribution in [0.2, 0.25) is 0 Å². The summed E-state index contributed by atoms with van der Waals surface area (Å²) in [6, 6.07) is 0. The Kier molecular flexibility index (Phi) is 0.607. The van der Waals surface area contributed by atoms with Crippen LogP contribution in [0.15, 0.2) is 12.2 Å². The Morgan fingerprint density at radius 2 is 1.78 bits per heavy atom. The van der Waals surface area contributed by atoms with Gasteiger partial charge in [0.15, 0.2) is 0 Å². The molecule has 48 valence electrons. The van der Waals surface area contributed by atoms with Crippen molar-refractivity contribution in [2.45, 2.75) is 16.9 Å². The largest absolute Gasteiger partial charge is 0.259 e.